The summed E-state index contributed by atoms with van der Waals surface area (Å²) in [6.07, 6.45) is 1.66. The van der Waals surface area contributed by atoms with Gasteiger partial charge in [-0.2, -0.15) is 4.79 Å². The van der Waals surface area contributed by atoms with Gasteiger partial charge in [-0.1, -0.05) is 0 Å². The molecule has 14 heavy (non-hydrogen) atoms. The largest absolute Gasteiger partial charge is 0.361 e. The Labute approximate surface area is 82.6 Å². The Kier molecular flexibility index (Phi) is 2.85. The van der Waals surface area contributed by atoms with Crippen LogP contribution in [0.4, 0.5) is 0 Å². The van der Waals surface area contributed by atoms with E-state index in [1.54, 1.807) is 6.92 Å². The van der Waals surface area contributed by atoms with Gasteiger partial charge in [0, 0.05) is 12.8 Å². The molecule has 1 heterocycles. The zero-order valence-electron chi connectivity index (χ0n) is 8.61. The van der Waals surface area contributed by atoms with Gasteiger partial charge < -0.3 is 5.53 Å². The molecular weight excluding hydrogens is 184 g/mol. The minimum Gasteiger partial charge on any atom is -0.361 e. The van der Waals surface area contributed by atoms with Gasteiger partial charge in [0.25, 0.3) is 0 Å². The monoisotopic (exact) mass is 198 g/mol. The summed E-state index contributed by atoms with van der Waals surface area (Å²) in [5, 5.41) is 0. The fraction of sp³-hybridized carbons (Fsp3) is 0.778. The summed E-state index contributed by atoms with van der Waals surface area (Å²) in [5.74, 6) is -0.281. The first kappa shape index (κ1) is 11.0. The molecular formula is C9H14N2O3. The lowest BCUT2D eigenvalue weighted by Crippen LogP contribution is -2.29. The van der Waals surface area contributed by atoms with Gasteiger partial charge in [0.1, 0.15) is 11.2 Å². The van der Waals surface area contributed by atoms with Crippen LogP contribution in [0, 0.1) is 0 Å². The summed E-state index contributed by atoms with van der Waals surface area (Å²) in [7, 11) is 0. The molecule has 0 spiro atoms. The van der Waals surface area contributed by atoms with Gasteiger partial charge in [-0.05, 0) is 20.8 Å². The number of ketones is 1. The Balaban J connectivity index is 2.61. The number of carbonyl (C=O) groups excluding carboxylic acids is 1. The van der Waals surface area contributed by atoms with Gasteiger partial charge in [0.2, 0.25) is 5.78 Å². The predicted molar refractivity (Wildman–Crippen MR) is 48.6 cm³/mol. The lowest BCUT2D eigenvalue weighted by atomic mass is 9.88. The summed E-state index contributed by atoms with van der Waals surface area (Å²) in [6.45, 7) is 5.58. The van der Waals surface area contributed by atoms with Crippen molar-refractivity contribution < 1.29 is 19.4 Å². The van der Waals surface area contributed by atoms with E-state index < -0.39 is 5.60 Å². The average Bonchev–Trinajstić information content (AvgIpc) is 2.25. The van der Waals surface area contributed by atoms with E-state index in [0.29, 0.717) is 6.42 Å². The summed E-state index contributed by atoms with van der Waals surface area (Å²) in [4.78, 5) is 24.0. The highest BCUT2D eigenvalue weighted by Crippen LogP contribution is 2.37. The van der Waals surface area contributed by atoms with Crippen LogP contribution in [0.2, 0.25) is 0 Å². The van der Waals surface area contributed by atoms with Crippen LogP contribution in [-0.4, -0.2) is 28.0 Å². The molecule has 1 atom stereocenters. The minimum atomic E-state index is -0.623. The molecule has 0 bridgehead atoms. The first-order valence-corrected chi connectivity index (χ1v) is 4.44. The van der Waals surface area contributed by atoms with Crippen LogP contribution >= 0.6 is 0 Å². The molecule has 1 fully saturated rings. The topological polar surface area (TPSA) is 71.9 Å². The second kappa shape index (κ2) is 3.61. The molecule has 0 aromatic rings. The van der Waals surface area contributed by atoms with Crippen molar-refractivity contribution in [2.45, 2.75) is 44.8 Å². The fourth-order valence-corrected chi connectivity index (χ4v) is 1.74. The van der Waals surface area contributed by atoms with Crippen molar-refractivity contribution in [1.29, 1.82) is 0 Å². The molecule has 1 saturated heterocycles. The van der Waals surface area contributed by atoms with Crippen molar-refractivity contribution >= 4 is 12.0 Å². The molecule has 1 unspecified atom stereocenters. The van der Waals surface area contributed by atoms with Crippen molar-refractivity contribution in [1.82, 2.24) is 0 Å². The third kappa shape index (κ3) is 2.73. The summed E-state index contributed by atoms with van der Waals surface area (Å²) in [6, 6.07) is 0. The molecule has 5 nitrogen and oxygen atoms in total. The Morgan fingerprint density at radius 1 is 1.50 bits per heavy atom. The van der Waals surface area contributed by atoms with E-state index in [0.717, 1.165) is 6.21 Å². The number of nitrogens with zero attached hydrogens (tertiary/aromatic N) is 2. The number of hydrogen-bond acceptors (Lipinski definition) is 3. The van der Waals surface area contributed by atoms with E-state index in [1.165, 1.54) is 0 Å². The van der Waals surface area contributed by atoms with Crippen molar-refractivity contribution in [3.05, 3.63) is 5.53 Å². The molecule has 0 N–H and O–H groups in total. The lowest BCUT2D eigenvalue weighted by molar-refractivity contribution is -0.340. The zero-order chi connectivity index (χ0) is 10.8. The zero-order valence-corrected chi connectivity index (χ0v) is 8.61. The van der Waals surface area contributed by atoms with Gasteiger partial charge in [0.15, 0.2) is 0 Å². The fourth-order valence-electron chi connectivity index (χ4n) is 1.74. The van der Waals surface area contributed by atoms with Crippen LogP contribution in [0.5, 0.6) is 0 Å². The van der Waals surface area contributed by atoms with Gasteiger partial charge >= 0.3 is 6.21 Å². The van der Waals surface area contributed by atoms with Crippen molar-refractivity contribution in [2.24, 2.45) is 0 Å². The van der Waals surface area contributed by atoms with E-state index in [9.17, 15) is 4.79 Å². The molecule has 1 rings (SSSR count). The standard InChI is InChI=1S/C9H14N2O3/c1-8(2)6-9(3,14-13-8)4-7(12)5-11-10/h5H,4,6H2,1-3H3. The maximum absolute atomic E-state index is 11.2. The minimum absolute atomic E-state index is 0.153. The molecule has 5 heteroatoms. The number of carbonyl (C=O) groups is 1. The van der Waals surface area contributed by atoms with Gasteiger partial charge in [-0.25, -0.2) is 9.78 Å². The smallest absolute Gasteiger partial charge is 0.323 e. The van der Waals surface area contributed by atoms with E-state index >= 15 is 0 Å². The Bertz CT molecular complexity index is 294. The maximum atomic E-state index is 11.2. The first-order valence-electron chi connectivity index (χ1n) is 4.44. The third-order valence-corrected chi connectivity index (χ3v) is 2.02. The molecule has 1 aliphatic rings. The van der Waals surface area contributed by atoms with Crippen molar-refractivity contribution in [3.63, 3.8) is 0 Å². The average molecular weight is 198 g/mol. The summed E-state index contributed by atoms with van der Waals surface area (Å²) >= 11 is 0. The number of hydrogen-bond donors (Lipinski definition) is 0. The number of rotatable bonds is 3. The Hall–Kier alpha value is -1.03. The van der Waals surface area contributed by atoms with E-state index in [4.69, 9.17) is 15.3 Å². The van der Waals surface area contributed by atoms with E-state index in [2.05, 4.69) is 4.79 Å². The first-order chi connectivity index (χ1) is 6.37. The van der Waals surface area contributed by atoms with Crippen LogP contribution < -0.4 is 0 Å². The molecule has 0 amide bonds. The SMILES string of the molecule is CC1(C)CC(C)(CC(=O)C=[N+]=[N-])OO1. The predicted octanol–water partition coefficient (Wildman–Crippen LogP) is 1.14. The summed E-state index contributed by atoms with van der Waals surface area (Å²) < 4.78 is 0. The Morgan fingerprint density at radius 3 is 2.57 bits per heavy atom. The molecule has 0 radical (unpaired) electrons. The van der Waals surface area contributed by atoms with Gasteiger partial charge in [0.05, 0.1) is 0 Å². The second-order valence-electron chi connectivity index (χ2n) is 4.44. The van der Waals surface area contributed by atoms with Crippen LogP contribution in [0.1, 0.15) is 33.6 Å². The highest BCUT2D eigenvalue weighted by Gasteiger charge is 2.44. The highest BCUT2D eigenvalue weighted by molar-refractivity contribution is 6.25. The molecule has 0 aromatic heterocycles. The van der Waals surface area contributed by atoms with Crippen molar-refractivity contribution in [2.75, 3.05) is 0 Å². The highest BCUT2D eigenvalue weighted by atomic mass is 17.2. The second-order valence-corrected chi connectivity index (χ2v) is 4.44. The normalized spacial score (nSPS) is 29.6. The van der Waals surface area contributed by atoms with Crippen LogP contribution in [0.3, 0.4) is 0 Å². The molecule has 1 aliphatic heterocycles. The van der Waals surface area contributed by atoms with Crippen molar-refractivity contribution in [3.8, 4) is 0 Å². The van der Waals surface area contributed by atoms with Gasteiger partial charge in [-0.15, -0.1) is 0 Å². The lowest BCUT2D eigenvalue weighted by Gasteiger charge is -2.17. The van der Waals surface area contributed by atoms with E-state index in [-0.39, 0.29) is 17.8 Å². The Morgan fingerprint density at radius 2 is 2.14 bits per heavy atom. The summed E-state index contributed by atoms with van der Waals surface area (Å²) in [5.41, 5.74) is 7.18. The number of Topliss-reactive ketones (excluding diaryl/α,β-unsaturated/α-hetero) is 1. The quantitative estimate of drug-likeness (QED) is 0.295. The molecule has 0 saturated carbocycles. The third-order valence-electron chi connectivity index (χ3n) is 2.02. The van der Waals surface area contributed by atoms with Crippen LogP contribution in [0.25, 0.3) is 5.53 Å². The molecule has 0 aromatic carbocycles. The van der Waals surface area contributed by atoms with Gasteiger partial charge in [-0.3, -0.25) is 4.79 Å². The van der Waals surface area contributed by atoms with E-state index in [1.807, 2.05) is 13.8 Å². The van der Waals surface area contributed by atoms with Crippen LogP contribution in [0.15, 0.2) is 0 Å². The van der Waals surface area contributed by atoms with Crippen LogP contribution in [-0.2, 0) is 14.6 Å². The molecule has 0 aliphatic carbocycles. The maximum Gasteiger partial charge on any atom is 0.323 e. The molecule has 78 valence electrons.